The van der Waals surface area contributed by atoms with E-state index >= 15 is 0 Å². The Hall–Kier alpha value is -1.27. The van der Waals surface area contributed by atoms with Gasteiger partial charge in [-0.25, -0.2) is 4.79 Å². The highest BCUT2D eigenvalue weighted by Gasteiger charge is 2.25. The Kier molecular flexibility index (Phi) is 5.43. The molecule has 2 aliphatic rings. The van der Waals surface area contributed by atoms with Gasteiger partial charge in [-0.1, -0.05) is 15.9 Å². The molecule has 1 N–H and O–H groups in total. The van der Waals surface area contributed by atoms with Crippen molar-refractivity contribution < 1.29 is 9.90 Å². The number of piperidine rings is 1. The average molecular weight is 382 g/mol. The second-order valence-electron chi connectivity index (χ2n) is 6.48. The molecule has 6 heteroatoms. The number of hydrogen-bond acceptors (Lipinski definition) is 3. The highest BCUT2D eigenvalue weighted by Crippen LogP contribution is 2.25. The number of rotatable bonds is 3. The molecule has 23 heavy (non-hydrogen) atoms. The van der Waals surface area contributed by atoms with Crippen LogP contribution in [-0.2, 0) is 0 Å². The minimum atomic E-state index is -0.785. The van der Waals surface area contributed by atoms with E-state index in [-0.39, 0.29) is 0 Å². The van der Waals surface area contributed by atoms with Gasteiger partial charge in [-0.2, -0.15) is 0 Å². The monoisotopic (exact) mass is 381 g/mol. The van der Waals surface area contributed by atoms with Crippen LogP contribution < -0.4 is 4.90 Å². The fourth-order valence-corrected chi connectivity index (χ4v) is 3.78. The van der Waals surface area contributed by atoms with Crippen molar-refractivity contribution >= 4 is 27.7 Å². The van der Waals surface area contributed by atoms with Crippen LogP contribution in [0.2, 0.25) is 0 Å². The molecule has 2 aliphatic heterocycles. The zero-order valence-corrected chi connectivity index (χ0v) is 14.9. The number of benzene rings is 1. The molecule has 2 saturated heterocycles. The summed E-state index contributed by atoms with van der Waals surface area (Å²) >= 11 is 3.48. The molecule has 1 aromatic carbocycles. The first kappa shape index (κ1) is 16.6. The van der Waals surface area contributed by atoms with Crippen LogP contribution in [0.1, 0.15) is 12.8 Å². The molecule has 0 saturated carbocycles. The van der Waals surface area contributed by atoms with Gasteiger partial charge in [0.1, 0.15) is 0 Å². The second kappa shape index (κ2) is 7.53. The molecule has 2 fully saturated rings. The number of halogens is 1. The van der Waals surface area contributed by atoms with Crippen LogP contribution in [0.5, 0.6) is 0 Å². The fourth-order valence-electron chi connectivity index (χ4n) is 3.51. The van der Waals surface area contributed by atoms with E-state index in [9.17, 15) is 4.79 Å². The van der Waals surface area contributed by atoms with Crippen molar-refractivity contribution in [2.24, 2.45) is 5.92 Å². The van der Waals surface area contributed by atoms with Gasteiger partial charge in [0.2, 0.25) is 0 Å². The Morgan fingerprint density at radius 3 is 2.22 bits per heavy atom. The average Bonchev–Trinajstić information content (AvgIpc) is 2.57. The summed E-state index contributed by atoms with van der Waals surface area (Å²) < 4.78 is 1.12. The summed E-state index contributed by atoms with van der Waals surface area (Å²) in [6.07, 6.45) is 1.65. The zero-order chi connectivity index (χ0) is 16.2. The molecule has 0 unspecified atom stereocenters. The number of anilines is 1. The van der Waals surface area contributed by atoms with Gasteiger partial charge in [-0.3, -0.25) is 4.90 Å². The van der Waals surface area contributed by atoms with Crippen molar-refractivity contribution in [1.82, 2.24) is 9.80 Å². The van der Waals surface area contributed by atoms with Crippen molar-refractivity contribution in [2.75, 3.05) is 50.7 Å². The van der Waals surface area contributed by atoms with Crippen molar-refractivity contribution in [3.05, 3.63) is 28.7 Å². The first-order valence-electron chi connectivity index (χ1n) is 8.32. The maximum Gasteiger partial charge on any atom is 0.407 e. The Balaban J connectivity index is 1.43. The van der Waals surface area contributed by atoms with Crippen molar-refractivity contribution in [3.8, 4) is 0 Å². The van der Waals surface area contributed by atoms with Crippen LogP contribution in [0.25, 0.3) is 0 Å². The van der Waals surface area contributed by atoms with E-state index < -0.39 is 6.09 Å². The quantitative estimate of drug-likeness (QED) is 0.873. The van der Waals surface area contributed by atoms with Gasteiger partial charge in [0.15, 0.2) is 0 Å². The highest BCUT2D eigenvalue weighted by molar-refractivity contribution is 9.10. The summed E-state index contributed by atoms with van der Waals surface area (Å²) in [5.74, 6) is 0.734. The largest absolute Gasteiger partial charge is 0.465 e. The molecule has 126 valence electrons. The SMILES string of the molecule is O=C(O)N1CCN(CC2CCN(c3ccc(Br)cc3)CC2)CC1. The lowest BCUT2D eigenvalue weighted by Gasteiger charge is -2.38. The van der Waals surface area contributed by atoms with E-state index in [1.54, 1.807) is 0 Å². The van der Waals surface area contributed by atoms with Gasteiger partial charge in [0, 0.05) is 56.0 Å². The number of hydrogen-bond donors (Lipinski definition) is 1. The number of amides is 1. The predicted molar refractivity (Wildman–Crippen MR) is 95.1 cm³/mol. The Morgan fingerprint density at radius 1 is 1.04 bits per heavy atom. The van der Waals surface area contributed by atoms with E-state index in [2.05, 4.69) is 50.0 Å². The molecular formula is C17H24BrN3O2. The molecule has 1 amide bonds. The summed E-state index contributed by atoms with van der Waals surface area (Å²) in [6, 6.07) is 8.55. The molecule has 2 heterocycles. The lowest BCUT2D eigenvalue weighted by Crippen LogP contribution is -2.50. The van der Waals surface area contributed by atoms with Crippen LogP contribution in [0.15, 0.2) is 28.7 Å². The number of carboxylic acid groups (broad SMARTS) is 1. The minimum Gasteiger partial charge on any atom is -0.465 e. The first-order chi connectivity index (χ1) is 11.1. The molecule has 3 rings (SSSR count). The summed E-state index contributed by atoms with van der Waals surface area (Å²) in [6.45, 7) is 6.38. The van der Waals surface area contributed by atoms with Gasteiger partial charge >= 0.3 is 6.09 Å². The van der Waals surface area contributed by atoms with Gasteiger partial charge in [0.25, 0.3) is 0 Å². The van der Waals surface area contributed by atoms with Gasteiger partial charge < -0.3 is 14.9 Å². The van der Waals surface area contributed by atoms with E-state index in [0.717, 1.165) is 43.1 Å². The van der Waals surface area contributed by atoms with Crippen molar-refractivity contribution in [3.63, 3.8) is 0 Å². The van der Waals surface area contributed by atoms with Gasteiger partial charge in [-0.15, -0.1) is 0 Å². The summed E-state index contributed by atoms with van der Waals surface area (Å²) in [5, 5.41) is 9.00. The number of nitrogens with zero attached hydrogens (tertiary/aromatic N) is 3. The molecule has 0 bridgehead atoms. The van der Waals surface area contributed by atoms with Gasteiger partial charge in [0.05, 0.1) is 0 Å². The zero-order valence-electron chi connectivity index (χ0n) is 13.3. The maximum atomic E-state index is 10.9. The van der Waals surface area contributed by atoms with Crippen LogP contribution in [0.4, 0.5) is 10.5 Å². The molecular weight excluding hydrogens is 358 g/mol. The first-order valence-corrected chi connectivity index (χ1v) is 9.12. The molecule has 0 spiro atoms. The van der Waals surface area contributed by atoms with Gasteiger partial charge in [-0.05, 0) is 43.0 Å². The summed E-state index contributed by atoms with van der Waals surface area (Å²) in [7, 11) is 0. The standard InChI is InChI=1S/C17H24BrN3O2/c18-15-1-3-16(4-2-15)20-7-5-14(6-8-20)13-19-9-11-21(12-10-19)17(22)23/h1-4,14H,5-13H2,(H,22,23). The molecule has 0 aromatic heterocycles. The third-order valence-corrected chi connectivity index (χ3v) is 5.49. The van der Waals surface area contributed by atoms with Crippen LogP contribution in [-0.4, -0.2) is 66.8 Å². The third kappa shape index (κ3) is 4.38. The Labute approximate surface area is 146 Å². The normalized spacial score (nSPS) is 20.7. The van der Waals surface area contributed by atoms with E-state index in [4.69, 9.17) is 5.11 Å². The van der Waals surface area contributed by atoms with Crippen molar-refractivity contribution in [2.45, 2.75) is 12.8 Å². The number of piperazine rings is 1. The van der Waals surface area contributed by atoms with E-state index in [1.165, 1.54) is 23.4 Å². The highest BCUT2D eigenvalue weighted by atomic mass is 79.9. The summed E-state index contributed by atoms with van der Waals surface area (Å²) in [4.78, 5) is 17.4. The lowest BCUT2D eigenvalue weighted by molar-refractivity contribution is 0.0957. The van der Waals surface area contributed by atoms with Crippen LogP contribution >= 0.6 is 15.9 Å². The minimum absolute atomic E-state index is 0.646. The van der Waals surface area contributed by atoms with Crippen LogP contribution in [0, 0.1) is 5.92 Å². The molecule has 0 aliphatic carbocycles. The predicted octanol–water partition coefficient (Wildman–Crippen LogP) is 2.96. The molecule has 0 atom stereocenters. The topological polar surface area (TPSA) is 47.0 Å². The number of carbonyl (C=O) groups is 1. The Morgan fingerprint density at radius 2 is 1.65 bits per heavy atom. The molecule has 1 aromatic rings. The fraction of sp³-hybridized carbons (Fsp3) is 0.588. The second-order valence-corrected chi connectivity index (χ2v) is 7.39. The van der Waals surface area contributed by atoms with Crippen molar-refractivity contribution in [1.29, 1.82) is 0 Å². The van der Waals surface area contributed by atoms with E-state index in [0.29, 0.717) is 13.1 Å². The smallest absolute Gasteiger partial charge is 0.407 e. The maximum absolute atomic E-state index is 10.9. The lowest BCUT2D eigenvalue weighted by atomic mass is 9.95. The summed E-state index contributed by atoms with van der Waals surface area (Å²) in [5.41, 5.74) is 1.31. The molecule has 5 nitrogen and oxygen atoms in total. The van der Waals surface area contributed by atoms with Crippen LogP contribution in [0.3, 0.4) is 0 Å². The Bertz CT molecular complexity index is 521. The van der Waals surface area contributed by atoms with E-state index in [1.807, 2.05) is 0 Å². The third-order valence-electron chi connectivity index (χ3n) is 4.97. The molecule has 0 radical (unpaired) electrons.